The molecular weight excluding hydrogens is 660 g/mol. The fourth-order valence-electron chi connectivity index (χ4n) is 4.91. The van der Waals surface area contributed by atoms with Gasteiger partial charge in [0, 0.05) is 12.5 Å². The highest BCUT2D eigenvalue weighted by atomic mass is 19.4. The smallest absolute Gasteiger partial charge is 0.389 e. The molecule has 0 unspecified atom stereocenters. The molecule has 0 aliphatic carbocycles. The van der Waals surface area contributed by atoms with E-state index in [1.807, 2.05) is 31.2 Å². The van der Waals surface area contributed by atoms with E-state index in [1.165, 1.54) is 6.07 Å². The quantitative estimate of drug-likeness (QED) is 0.0545. The summed E-state index contributed by atoms with van der Waals surface area (Å²) < 4.78 is 74.0. The first-order chi connectivity index (χ1) is 23.8. The van der Waals surface area contributed by atoms with Gasteiger partial charge < -0.3 is 29.2 Å². The van der Waals surface area contributed by atoms with Crippen LogP contribution in [0.1, 0.15) is 43.7 Å². The van der Waals surface area contributed by atoms with E-state index in [4.69, 9.17) is 29.2 Å². The van der Waals surface area contributed by atoms with Crippen LogP contribution in [0.4, 0.5) is 17.6 Å². The van der Waals surface area contributed by atoms with Gasteiger partial charge in [0.2, 0.25) is 0 Å². The normalized spacial score (nSPS) is 11.2. The summed E-state index contributed by atoms with van der Waals surface area (Å²) in [5, 5.41) is 18.1. The second-order valence-corrected chi connectivity index (χ2v) is 11.4. The first kappa shape index (κ1) is 39.8. The Morgan fingerprint density at radius 3 is 1.80 bits per heavy atom. The molecule has 0 aliphatic rings. The van der Waals surface area contributed by atoms with E-state index >= 15 is 4.39 Å². The Morgan fingerprint density at radius 2 is 1.28 bits per heavy atom. The van der Waals surface area contributed by atoms with Crippen molar-refractivity contribution in [1.82, 2.24) is 0 Å². The number of benzene rings is 3. The number of carbonyl (C=O) groups excluding carboxylic acids is 2. The maximum absolute atomic E-state index is 15.1. The Hall–Kier alpha value is -4.68. The highest BCUT2D eigenvalue weighted by Gasteiger charge is 2.25. The topological polar surface area (TPSA) is 112 Å². The Labute approximate surface area is 288 Å². The summed E-state index contributed by atoms with van der Waals surface area (Å²) in [5.41, 5.74) is 4.23. The van der Waals surface area contributed by atoms with E-state index in [0.29, 0.717) is 53.9 Å². The second kappa shape index (κ2) is 19.5. The Morgan fingerprint density at radius 1 is 0.700 bits per heavy atom. The Kier molecular flexibility index (Phi) is 15.5. The van der Waals surface area contributed by atoms with E-state index < -0.39 is 43.6 Å². The molecule has 50 heavy (non-hydrogen) atoms. The first-order valence-electron chi connectivity index (χ1n) is 16.2. The summed E-state index contributed by atoms with van der Waals surface area (Å²) in [7, 11) is 0. The molecule has 0 atom stereocenters. The summed E-state index contributed by atoms with van der Waals surface area (Å²) in [4.78, 5) is 23.6. The van der Waals surface area contributed by atoms with Crippen molar-refractivity contribution in [2.75, 3.05) is 39.6 Å². The fraction of sp³-hybridized carbons (Fsp3) is 0.368. The van der Waals surface area contributed by atoms with Gasteiger partial charge in [0.25, 0.3) is 0 Å². The lowest BCUT2D eigenvalue weighted by Crippen LogP contribution is -2.15. The van der Waals surface area contributed by atoms with Crippen LogP contribution in [0.15, 0.2) is 78.9 Å². The number of hydrogen-bond acceptors (Lipinski definition) is 8. The predicted octanol–water partition coefficient (Wildman–Crippen LogP) is 7.33. The van der Waals surface area contributed by atoms with Crippen molar-refractivity contribution in [3.8, 4) is 33.8 Å². The summed E-state index contributed by atoms with van der Waals surface area (Å²) in [5.74, 6) is -1.12. The van der Waals surface area contributed by atoms with Gasteiger partial charge in [-0.15, -0.1) is 0 Å². The molecule has 3 aromatic carbocycles. The summed E-state index contributed by atoms with van der Waals surface area (Å²) in [6.07, 6.45) is -3.19. The molecule has 3 aromatic rings. The molecule has 0 aromatic heterocycles. The number of hydrogen-bond donors (Lipinski definition) is 2. The number of aliphatic hydroxyl groups excluding tert-OH is 2. The average molecular weight is 703 g/mol. The van der Waals surface area contributed by atoms with Crippen molar-refractivity contribution >= 4 is 11.9 Å². The molecule has 0 spiro atoms. The van der Waals surface area contributed by atoms with Gasteiger partial charge in [-0.25, -0.2) is 14.0 Å². The highest BCUT2D eigenvalue weighted by molar-refractivity contribution is 5.88. The first-order valence-corrected chi connectivity index (χ1v) is 16.2. The minimum atomic E-state index is -4.18. The van der Waals surface area contributed by atoms with Crippen LogP contribution < -0.4 is 9.47 Å². The van der Waals surface area contributed by atoms with Crippen LogP contribution in [0.2, 0.25) is 0 Å². The standard InChI is InChI=1S/C38H42F4O8/c1-4-27-18-29(11-12-34(27)30-10-9-28(35(39)21-30)8-6-5-7-13-38(40,41)42)31-19-32(47-14-16-49-36(45)25(2)23-43)22-33(20-31)48-15-17-50-37(46)26(3)24-44/h9-12,18-22,43-44H,2-8,13-17,23-24H2,1H3. The van der Waals surface area contributed by atoms with E-state index in [0.717, 1.165) is 16.7 Å². The van der Waals surface area contributed by atoms with Crippen molar-refractivity contribution in [2.45, 2.75) is 51.6 Å². The molecule has 0 aliphatic heterocycles. The number of alkyl halides is 3. The Balaban J connectivity index is 1.79. The minimum absolute atomic E-state index is 0.0114. The largest absolute Gasteiger partial charge is 0.490 e. The van der Waals surface area contributed by atoms with Crippen molar-refractivity contribution in [3.63, 3.8) is 0 Å². The SMILES string of the molecule is C=C(CO)C(=O)OCCOc1cc(OCCOC(=O)C(=C)CO)cc(-c2ccc(-c3ccc(CCCCCC(F)(F)F)c(F)c3)c(CC)c2)c1. The van der Waals surface area contributed by atoms with Gasteiger partial charge in [0.15, 0.2) is 0 Å². The van der Waals surface area contributed by atoms with Gasteiger partial charge in [-0.05, 0) is 77.3 Å². The van der Waals surface area contributed by atoms with Crippen LogP contribution in [-0.4, -0.2) is 68.0 Å². The minimum Gasteiger partial charge on any atom is -0.490 e. The van der Waals surface area contributed by atoms with Crippen molar-refractivity contribution < 1.29 is 56.3 Å². The lowest BCUT2D eigenvalue weighted by molar-refractivity contribution is -0.141. The van der Waals surface area contributed by atoms with Gasteiger partial charge in [-0.3, -0.25) is 0 Å². The van der Waals surface area contributed by atoms with Gasteiger partial charge >= 0.3 is 18.1 Å². The van der Waals surface area contributed by atoms with Crippen molar-refractivity contribution in [3.05, 3.63) is 95.8 Å². The van der Waals surface area contributed by atoms with E-state index in [-0.39, 0.29) is 44.0 Å². The van der Waals surface area contributed by atoms with Crippen LogP contribution in [0, 0.1) is 5.82 Å². The van der Waals surface area contributed by atoms with Crippen LogP contribution in [0.25, 0.3) is 22.3 Å². The molecule has 0 fully saturated rings. The average Bonchev–Trinajstić information content (AvgIpc) is 3.10. The van der Waals surface area contributed by atoms with Gasteiger partial charge in [-0.1, -0.05) is 56.8 Å². The molecule has 270 valence electrons. The van der Waals surface area contributed by atoms with Crippen molar-refractivity contribution in [2.24, 2.45) is 0 Å². The summed E-state index contributed by atoms with van der Waals surface area (Å²) in [6.45, 7) is 7.53. The molecule has 2 N–H and O–H groups in total. The number of halogens is 4. The van der Waals surface area contributed by atoms with Gasteiger partial charge in [0.05, 0.1) is 24.4 Å². The second-order valence-electron chi connectivity index (χ2n) is 11.4. The molecule has 0 saturated carbocycles. The molecule has 8 nitrogen and oxygen atoms in total. The molecule has 3 rings (SSSR count). The van der Waals surface area contributed by atoms with Crippen molar-refractivity contribution in [1.29, 1.82) is 0 Å². The van der Waals surface area contributed by atoms with E-state index in [2.05, 4.69) is 13.2 Å². The lowest BCUT2D eigenvalue weighted by atomic mass is 9.92. The zero-order valence-electron chi connectivity index (χ0n) is 28.0. The van der Waals surface area contributed by atoms with Crippen LogP contribution in [0.5, 0.6) is 11.5 Å². The number of aryl methyl sites for hydroxylation is 2. The molecule has 0 radical (unpaired) electrons. The number of unbranched alkanes of at least 4 members (excludes halogenated alkanes) is 2. The lowest BCUT2D eigenvalue weighted by Gasteiger charge is -2.15. The number of rotatable bonds is 20. The van der Waals surface area contributed by atoms with Crippen LogP contribution >= 0.6 is 0 Å². The zero-order valence-corrected chi connectivity index (χ0v) is 28.0. The van der Waals surface area contributed by atoms with E-state index in [9.17, 15) is 22.8 Å². The molecule has 12 heteroatoms. The van der Waals surface area contributed by atoms with Crippen LogP contribution in [-0.2, 0) is 31.9 Å². The molecule has 0 bridgehead atoms. The molecule has 0 amide bonds. The number of carbonyl (C=O) groups is 2. The van der Waals surface area contributed by atoms with Gasteiger partial charge in [-0.2, -0.15) is 13.2 Å². The maximum Gasteiger partial charge on any atom is 0.389 e. The summed E-state index contributed by atoms with van der Waals surface area (Å²) >= 11 is 0. The van der Waals surface area contributed by atoms with E-state index in [1.54, 1.807) is 24.3 Å². The third-order valence-electron chi connectivity index (χ3n) is 7.60. The third kappa shape index (κ3) is 12.6. The highest BCUT2D eigenvalue weighted by Crippen LogP contribution is 2.34. The predicted molar refractivity (Wildman–Crippen MR) is 180 cm³/mol. The van der Waals surface area contributed by atoms with Gasteiger partial charge in [0.1, 0.15) is 43.7 Å². The number of ether oxygens (including phenoxy) is 4. The van der Waals surface area contributed by atoms with Crippen LogP contribution in [0.3, 0.4) is 0 Å². The molecular formula is C38H42F4O8. The zero-order chi connectivity index (χ0) is 36.7. The molecule has 0 saturated heterocycles. The molecule has 0 heterocycles. The number of aliphatic hydroxyl groups is 2. The third-order valence-corrected chi connectivity index (χ3v) is 7.60. The monoisotopic (exact) mass is 702 g/mol. The Bertz CT molecular complexity index is 1580. The fourth-order valence-corrected chi connectivity index (χ4v) is 4.91. The number of esters is 2. The summed E-state index contributed by atoms with van der Waals surface area (Å²) in [6, 6.07) is 15.8. The maximum atomic E-state index is 15.1.